The summed E-state index contributed by atoms with van der Waals surface area (Å²) in [6, 6.07) is 20.5. The first-order valence-electron chi connectivity index (χ1n) is 48.4. The molecule has 6 fully saturated rings. The number of benzene rings is 3. The molecule has 3 saturated carbocycles. The minimum atomic E-state index is -0.130. The van der Waals surface area contributed by atoms with Crippen molar-refractivity contribution in [1.29, 1.82) is 0 Å². The standard InChI is InChI=1S/C28H28N2O.C28H29NO.C27H28N2O.3C6H15N.3C4H10O2/c1-18-3-6-22-14-23-9-10-26(2)24(19-4-5-20-16-29-30-17-21(20)13-19)7-8-25(26)28(23)12-11-27(22,15-18)31-28;1-18-3-6-22-14-23-9-10-26(2)24(19-4-5-20-16-29-17-21(20)13-19)7-8-25(26)28(23)12-11-27(22,15-18)30-28;1-17-3-6-20-14-21-9-10-25(2)22(18-4-5-19-16-28-29-23(19)13-18)7-8-24(25)27(21)12-11-26(20,15-17)30-27;3*1-6(2,3)7(4)5;3*1-5-3-4-6-2/h4-5,7,9,13-14,16-17,25H,1,3,6,8,10-12,15H2,2H3;4-5,7,9,13-14,17,25H,1,3,6,8,10-12,15-16H2,2H3;4-5,7,9,13-14,16,24H,1,3,6,8,10-12,15H2,2H3,(H,28,29);3*1-5H3;3*3-4H2,1-2H3/t2*25-,26-,27?,28-;24-,25-,26?,27-;;;;;;/m111....../s1. The van der Waals surface area contributed by atoms with E-state index in [1.807, 2.05) is 24.8 Å². The molecule has 2 aromatic heterocycles. The van der Waals surface area contributed by atoms with Crippen molar-refractivity contribution >= 4 is 44.6 Å². The molecule has 5 aromatic rings. The Kier molecular flexibility index (Phi) is 30.9. The van der Waals surface area contributed by atoms with Gasteiger partial charge in [-0.3, -0.25) is 10.1 Å². The van der Waals surface area contributed by atoms with E-state index in [1.165, 1.54) is 94.5 Å². The molecule has 17 heteroatoms. The molecule has 21 rings (SSSR count). The van der Waals surface area contributed by atoms with Gasteiger partial charge >= 0.3 is 0 Å². The zero-order chi connectivity index (χ0) is 93.8. The van der Waals surface area contributed by atoms with Crippen molar-refractivity contribution in [2.24, 2.45) is 39.0 Å². The van der Waals surface area contributed by atoms with Crippen LogP contribution in [-0.4, -0.2) is 216 Å². The number of aromatic nitrogens is 4. The van der Waals surface area contributed by atoms with Gasteiger partial charge in [0.15, 0.2) is 0 Å². The van der Waals surface area contributed by atoms with E-state index < -0.39 is 0 Å². The number of hydrogen-bond acceptors (Lipinski definition) is 16. The van der Waals surface area contributed by atoms with Crippen LogP contribution in [0.3, 0.4) is 0 Å². The third-order valence-corrected chi connectivity index (χ3v) is 32.7. The van der Waals surface area contributed by atoms with Crippen molar-refractivity contribution in [3.8, 4) is 0 Å². The largest absolute Gasteiger partial charge is 0.382 e. The smallest absolute Gasteiger partial charge is 0.0981 e. The summed E-state index contributed by atoms with van der Waals surface area (Å²) in [6.07, 6.45) is 53.7. The zero-order valence-corrected chi connectivity index (χ0v) is 84.2. The summed E-state index contributed by atoms with van der Waals surface area (Å²) in [4.78, 5) is 11.0. The maximum absolute atomic E-state index is 7.24. The van der Waals surface area contributed by atoms with Gasteiger partial charge in [-0.25, -0.2) is 0 Å². The van der Waals surface area contributed by atoms with Gasteiger partial charge in [0.25, 0.3) is 0 Å². The molecular formula is C113H160N8O9. The molecule has 16 aliphatic rings. The van der Waals surface area contributed by atoms with Gasteiger partial charge in [-0.1, -0.05) is 148 Å². The number of ether oxygens (including phenoxy) is 9. The number of aliphatic imine (C=N–C) groups is 1. The zero-order valence-electron chi connectivity index (χ0n) is 84.2. The van der Waals surface area contributed by atoms with Crippen LogP contribution in [0.5, 0.6) is 0 Å². The first-order valence-corrected chi connectivity index (χ1v) is 48.4. The number of H-pyrrole nitrogens is 1. The summed E-state index contributed by atoms with van der Waals surface area (Å²) in [5.41, 5.74) is 26.2. The summed E-state index contributed by atoms with van der Waals surface area (Å²) in [5, 5.41) is 19.0. The Labute approximate surface area is 781 Å². The fraction of sp³-hybridized carbons (Fsp3) is 0.593. The lowest BCUT2D eigenvalue weighted by molar-refractivity contribution is -0.123. The van der Waals surface area contributed by atoms with E-state index in [0.717, 1.165) is 158 Å². The molecule has 0 amide bonds. The Balaban J connectivity index is 0.000000138. The van der Waals surface area contributed by atoms with E-state index in [1.54, 1.807) is 48.2 Å². The quantitative estimate of drug-likeness (QED) is 0.0928. The van der Waals surface area contributed by atoms with Crippen LogP contribution in [0.2, 0.25) is 0 Å². The Morgan fingerprint density at radius 1 is 0.408 bits per heavy atom. The van der Waals surface area contributed by atoms with Crippen LogP contribution in [0.4, 0.5) is 0 Å². The van der Waals surface area contributed by atoms with Gasteiger partial charge < -0.3 is 57.3 Å². The predicted molar refractivity (Wildman–Crippen MR) is 536 cm³/mol. The van der Waals surface area contributed by atoms with E-state index in [-0.39, 0.29) is 49.9 Å². The second kappa shape index (κ2) is 40.2. The molecule has 6 bridgehead atoms. The number of fused-ring (bicyclic) bond motifs is 6. The molecule has 12 atom stereocenters. The summed E-state index contributed by atoms with van der Waals surface area (Å²) < 4.78 is 49.6. The topological polar surface area (TPSA) is 160 Å². The van der Waals surface area contributed by atoms with Gasteiger partial charge in [0.1, 0.15) is 0 Å². The highest BCUT2D eigenvalue weighted by Gasteiger charge is 2.69. The predicted octanol–water partition coefficient (Wildman–Crippen LogP) is 23.8. The summed E-state index contributed by atoms with van der Waals surface area (Å²) >= 11 is 0. The first-order chi connectivity index (χ1) is 61.6. The molecule has 9 aliphatic carbocycles. The highest BCUT2D eigenvalue weighted by atomic mass is 16.5. The monoisotopic (exact) mass is 1770 g/mol. The lowest BCUT2D eigenvalue weighted by Gasteiger charge is -2.53. The summed E-state index contributed by atoms with van der Waals surface area (Å²) in [6.45, 7) is 45.1. The normalized spacial score (nSPS) is 30.7. The number of nitrogens with zero attached hydrogens (tertiary/aromatic N) is 7. The molecule has 9 heterocycles. The van der Waals surface area contributed by atoms with Crippen LogP contribution in [0.1, 0.15) is 246 Å². The van der Waals surface area contributed by atoms with E-state index >= 15 is 0 Å². The van der Waals surface area contributed by atoms with Crippen LogP contribution in [0, 0.1) is 34.0 Å². The van der Waals surface area contributed by atoms with E-state index in [4.69, 9.17) is 14.2 Å². The van der Waals surface area contributed by atoms with Crippen molar-refractivity contribution in [2.75, 3.05) is 125 Å². The average molecular weight is 1770 g/mol. The Bertz CT molecular complexity index is 5180. The van der Waals surface area contributed by atoms with Gasteiger partial charge in [-0.05, 0) is 316 Å². The third-order valence-electron chi connectivity index (χ3n) is 32.7. The maximum atomic E-state index is 7.24. The summed E-state index contributed by atoms with van der Waals surface area (Å²) in [7, 11) is 22.4. The third kappa shape index (κ3) is 20.0. The molecule has 130 heavy (non-hydrogen) atoms. The minimum absolute atomic E-state index is 0.0578. The molecule has 17 nitrogen and oxygen atoms in total. The fourth-order valence-electron chi connectivity index (χ4n) is 23.2. The van der Waals surface area contributed by atoms with Crippen LogP contribution in [0.15, 0.2) is 203 Å². The number of rotatable bonds is 12. The van der Waals surface area contributed by atoms with E-state index in [2.05, 4.69) is 323 Å². The number of nitrogens with one attached hydrogen (secondary N) is 1. The molecule has 3 aromatic carbocycles. The van der Waals surface area contributed by atoms with Crippen LogP contribution >= 0.6 is 0 Å². The van der Waals surface area contributed by atoms with Gasteiger partial charge in [0, 0.05) is 135 Å². The van der Waals surface area contributed by atoms with Crippen molar-refractivity contribution in [3.05, 3.63) is 226 Å². The molecule has 3 unspecified atom stereocenters. The van der Waals surface area contributed by atoms with Crippen molar-refractivity contribution in [3.63, 3.8) is 0 Å². The van der Waals surface area contributed by atoms with Gasteiger partial charge in [0.05, 0.1) is 104 Å². The number of methoxy groups -OCH3 is 6. The van der Waals surface area contributed by atoms with Gasteiger partial charge in [-0.2, -0.15) is 15.3 Å². The van der Waals surface area contributed by atoms with E-state index in [0.29, 0.717) is 74.0 Å². The van der Waals surface area contributed by atoms with Crippen molar-refractivity contribution in [2.45, 2.75) is 275 Å². The molecule has 6 spiro atoms. The molecule has 7 aliphatic heterocycles. The van der Waals surface area contributed by atoms with Gasteiger partial charge in [-0.15, -0.1) is 0 Å². The maximum Gasteiger partial charge on any atom is 0.0981 e. The highest BCUT2D eigenvalue weighted by molar-refractivity contribution is 5.89. The van der Waals surface area contributed by atoms with Crippen LogP contribution < -0.4 is 0 Å². The highest BCUT2D eigenvalue weighted by Crippen LogP contribution is 2.72. The first kappa shape index (κ1) is 100. The lowest BCUT2D eigenvalue weighted by Crippen LogP contribution is -2.53. The molecular weight excluding hydrogens is 1610 g/mol. The molecule has 0 radical (unpaired) electrons. The van der Waals surface area contributed by atoms with Gasteiger partial charge in [0.2, 0.25) is 0 Å². The average Bonchev–Trinajstić information content (AvgIpc) is 1.53. The number of hydrogen-bond donors (Lipinski definition) is 1. The fourth-order valence-corrected chi connectivity index (χ4v) is 23.2. The number of aromatic amines is 1. The molecule has 706 valence electrons. The Morgan fingerprint density at radius 2 is 0.738 bits per heavy atom. The second-order valence-electron chi connectivity index (χ2n) is 43.8. The van der Waals surface area contributed by atoms with Crippen LogP contribution in [-0.2, 0) is 49.2 Å². The lowest BCUT2D eigenvalue weighted by atomic mass is 9.58. The van der Waals surface area contributed by atoms with E-state index in [9.17, 15) is 0 Å². The van der Waals surface area contributed by atoms with Crippen molar-refractivity contribution < 1.29 is 42.6 Å². The number of allylic oxidation sites excluding steroid dienone is 9. The minimum Gasteiger partial charge on any atom is -0.382 e. The summed E-state index contributed by atoms with van der Waals surface area (Å²) in [5.74, 6) is 1.52. The van der Waals surface area contributed by atoms with Crippen molar-refractivity contribution in [1.82, 2.24) is 35.1 Å². The van der Waals surface area contributed by atoms with Crippen LogP contribution in [0.25, 0.3) is 38.4 Å². The Hall–Kier alpha value is -7.46. The second-order valence-corrected chi connectivity index (χ2v) is 43.8. The Morgan fingerprint density at radius 3 is 1.09 bits per heavy atom. The SMILES string of the molecule is C=C1CCC2=CC3=CC[C@]4(C)C(c5ccc6c(c5)C=NC6)=CC[C@H]4[C@@]34CCC2(C1)O4.C=C1CCC2=CC3=CC[C@]4(C)C(c5ccc6cn[nH]c6c5)=CC[C@H]4[C@@]34CCC2(C1)O4.C=C1CCC2=CC3=CC[C@]4(C)C(c5ccc6cnncc6c5)=CC[C@H]4[C@@]34CCC2(C1)O4.CN(C)C(C)(C)C.CN(C)C(C)(C)C.CN(C)C(C)(C)C.COCCOC.COCCOC.COCCOC. The molecule has 3 saturated heterocycles. The molecule has 1 N–H and O–H groups in total.